The molecule has 1 rings (SSSR count). The Morgan fingerprint density at radius 1 is 1.15 bits per heavy atom. The molecule has 1 nitrogen and oxygen atoms in total. The molecule has 0 N–H and O–H groups in total. The van der Waals surface area contributed by atoms with Crippen molar-refractivity contribution in [2.45, 2.75) is 32.6 Å². The molecule has 0 saturated carbocycles. The molecule has 71 valence electrons. The van der Waals surface area contributed by atoms with Gasteiger partial charge in [0, 0.05) is 0 Å². The maximum atomic E-state index is 10.3. The van der Waals surface area contributed by atoms with E-state index in [1.807, 2.05) is 0 Å². The van der Waals surface area contributed by atoms with Crippen molar-refractivity contribution in [3.05, 3.63) is 35.4 Å². The second-order valence-corrected chi connectivity index (χ2v) is 3.38. The second-order valence-electron chi connectivity index (χ2n) is 3.38. The van der Waals surface area contributed by atoms with Crippen molar-refractivity contribution < 1.29 is 5.11 Å². The molecule has 0 saturated heterocycles. The molecule has 0 atom stereocenters. The molecule has 0 aliphatic rings. The molecule has 13 heavy (non-hydrogen) atoms. The molecular formula is C12H17O. The van der Waals surface area contributed by atoms with Gasteiger partial charge in [0.2, 0.25) is 0 Å². The summed E-state index contributed by atoms with van der Waals surface area (Å²) in [5.74, 6) is 0. The monoisotopic (exact) mass is 177 g/mol. The van der Waals surface area contributed by atoms with Gasteiger partial charge in [0.25, 0.3) is 0 Å². The van der Waals surface area contributed by atoms with Crippen molar-refractivity contribution in [2.75, 3.05) is 6.61 Å². The summed E-state index contributed by atoms with van der Waals surface area (Å²) in [6.07, 6.45) is 4.02. The lowest BCUT2D eigenvalue weighted by Gasteiger charge is -2.02. The van der Waals surface area contributed by atoms with Gasteiger partial charge in [-0.15, -0.1) is 0 Å². The highest BCUT2D eigenvalue weighted by Gasteiger charge is 1.95. The van der Waals surface area contributed by atoms with Gasteiger partial charge in [0.15, 0.2) is 0 Å². The van der Waals surface area contributed by atoms with Gasteiger partial charge >= 0.3 is 0 Å². The molecule has 0 aliphatic heterocycles. The number of benzene rings is 1. The third kappa shape index (κ3) is 3.60. The van der Waals surface area contributed by atoms with Crippen LogP contribution in [0.3, 0.4) is 0 Å². The highest BCUT2D eigenvalue weighted by Crippen LogP contribution is 2.09. The highest BCUT2D eigenvalue weighted by molar-refractivity contribution is 5.23. The zero-order chi connectivity index (χ0) is 9.52. The Morgan fingerprint density at radius 3 is 2.46 bits per heavy atom. The van der Waals surface area contributed by atoms with Crippen LogP contribution in [0.25, 0.3) is 0 Å². The van der Waals surface area contributed by atoms with E-state index in [0.717, 1.165) is 19.3 Å². The molecular weight excluding hydrogens is 160 g/mol. The fourth-order valence-corrected chi connectivity index (χ4v) is 1.51. The zero-order valence-electron chi connectivity index (χ0n) is 8.25. The molecule has 1 aromatic carbocycles. The topological polar surface area (TPSA) is 19.9 Å². The third-order valence-electron chi connectivity index (χ3n) is 2.14. The van der Waals surface area contributed by atoms with Crippen molar-refractivity contribution >= 4 is 0 Å². The first-order valence-corrected chi connectivity index (χ1v) is 5.02. The lowest BCUT2D eigenvalue weighted by Crippen LogP contribution is -1.90. The summed E-state index contributed by atoms with van der Waals surface area (Å²) in [5.41, 5.74) is 2.70. The van der Waals surface area contributed by atoms with Crippen molar-refractivity contribution in [1.82, 2.24) is 0 Å². The Kier molecular flexibility index (Phi) is 4.55. The third-order valence-corrected chi connectivity index (χ3v) is 2.14. The Hall–Kier alpha value is -0.820. The summed E-state index contributed by atoms with van der Waals surface area (Å²) in [5, 5.41) is 10.3. The van der Waals surface area contributed by atoms with Crippen LogP contribution in [0.15, 0.2) is 24.3 Å². The van der Waals surface area contributed by atoms with E-state index in [9.17, 15) is 5.11 Å². The van der Waals surface area contributed by atoms with Gasteiger partial charge in [-0.1, -0.05) is 37.6 Å². The van der Waals surface area contributed by atoms with Gasteiger partial charge in [-0.25, -0.2) is 5.11 Å². The first kappa shape index (κ1) is 10.3. The standard InChI is InChI=1S/C12H17O/c1-2-5-11-6-3-7-12(10-11)8-4-9-13/h3,6-7,10H,2,4-5,8-9H2,1H3. The number of aryl methyl sites for hydroxylation is 2. The van der Waals surface area contributed by atoms with Gasteiger partial charge in [-0.05, 0) is 30.4 Å². The van der Waals surface area contributed by atoms with Crippen molar-refractivity contribution in [3.8, 4) is 0 Å². The van der Waals surface area contributed by atoms with Gasteiger partial charge in [-0.2, -0.15) is 0 Å². The fourth-order valence-electron chi connectivity index (χ4n) is 1.51. The van der Waals surface area contributed by atoms with Crippen LogP contribution in [0.5, 0.6) is 0 Å². The average molecular weight is 177 g/mol. The van der Waals surface area contributed by atoms with Crippen molar-refractivity contribution in [3.63, 3.8) is 0 Å². The summed E-state index contributed by atoms with van der Waals surface area (Å²) >= 11 is 0. The van der Waals surface area contributed by atoms with E-state index >= 15 is 0 Å². The molecule has 1 heteroatoms. The fraction of sp³-hybridized carbons (Fsp3) is 0.500. The van der Waals surface area contributed by atoms with Crippen LogP contribution in [-0.4, -0.2) is 6.61 Å². The largest absolute Gasteiger partial charge is 0.237 e. The molecule has 0 aliphatic carbocycles. The van der Waals surface area contributed by atoms with Crippen molar-refractivity contribution in [1.29, 1.82) is 0 Å². The van der Waals surface area contributed by atoms with Crippen LogP contribution in [0, 0.1) is 0 Å². The Bertz CT molecular complexity index is 243. The second kappa shape index (κ2) is 5.76. The van der Waals surface area contributed by atoms with Crippen LogP contribution >= 0.6 is 0 Å². The minimum atomic E-state index is 0.0397. The molecule has 1 aromatic rings. The van der Waals surface area contributed by atoms with Crippen molar-refractivity contribution in [2.24, 2.45) is 0 Å². The quantitative estimate of drug-likeness (QED) is 0.659. The van der Waals surface area contributed by atoms with Gasteiger partial charge in [0.1, 0.15) is 0 Å². The van der Waals surface area contributed by atoms with Gasteiger partial charge in [0.05, 0.1) is 6.61 Å². The maximum Gasteiger partial charge on any atom is 0.0825 e. The summed E-state index contributed by atoms with van der Waals surface area (Å²) in [4.78, 5) is 0. The van der Waals surface area contributed by atoms with E-state index in [2.05, 4.69) is 31.2 Å². The van der Waals surface area contributed by atoms with Crippen LogP contribution < -0.4 is 0 Å². The number of rotatable bonds is 5. The molecule has 0 amide bonds. The van der Waals surface area contributed by atoms with E-state index < -0.39 is 0 Å². The van der Waals surface area contributed by atoms with E-state index in [0.29, 0.717) is 0 Å². The smallest absolute Gasteiger partial charge is 0.0825 e. The predicted molar refractivity (Wildman–Crippen MR) is 54.3 cm³/mol. The van der Waals surface area contributed by atoms with E-state index in [1.165, 1.54) is 17.5 Å². The summed E-state index contributed by atoms with van der Waals surface area (Å²) in [6.45, 7) is 2.22. The molecule has 0 fully saturated rings. The van der Waals surface area contributed by atoms with Crippen LogP contribution in [0.4, 0.5) is 0 Å². The summed E-state index contributed by atoms with van der Waals surface area (Å²) in [6, 6.07) is 8.57. The minimum absolute atomic E-state index is 0.0397. The first-order valence-electron chi connectivity index (χ1n) is 5.02. The lowest BCUT2D eigenvalue weighted by molar-refractivity contribution is 0.189. The highest BCUT2D eigenvalue weighted by atomic mass is 16.2. The van der Waals surface area contributed by atoms with Gasteiger partial charge in [-0.3, -0.25) is 0 Å². The number of hydrogen-bond donors (Lipinski definition) is 0. The Morgan fingerprint density at radius 2 is 1.85 bits per heavy atom. The molecule has 0 aromatic heterocycles. The van der Waals surface area contributed by atoms with Crippen LogP contribution in [-0.2, 0) is 17.9 Å². The Labute approximate surface area is 80.4 Å². The van der Waals surface area contributed by atoms with E-state index in [4.69, 9.17) is 0 Å². The maximum absolute atomic E-state index is 10.3. The molecule has 0 unspecified atom stereocenters. The Balaban J connectivity index is 2.56. The summed E-state index contributed by atoms with van der Waals surface area (Å²) < 4.78 is 0. The summed E-state index contributed by atoms with van der Waals surface area (Å²) in [7, 11) is 0. The van der Waals surface area contributed by atoms with Crippen LogP contribution in [0.1, 0.15) is 30.9 Å². The first-order chi connectivity index (χ1) is 6.36. The normalized spacial score (nSPS) is 10.3. The minimum Gasteiger partial charge on any atom is -0.237 e. The predicted octanol–water partition coefficient (Wildman–Crippen LogP) is 3.00. The molecule has 1 radical (unpaired) electrons. The van der Waals surface area contributed by atoms with Gasteiger partial charge < -0.3 is 0 Å². The lowest BCUT2D eigenvalue weighted by atomic mass is 10.0. The number of hydrogen-bond acceptors (Lipinski definition) is 0. The zero-order valence-corrected chi connectivity index (χ0v) is 8.25. The SMILES string of the molecule is CCCc1cccc(CCC[O])c1. The average Bonchev–Trinajstić information content (AvgIpc) is 2.16. The van der Waals surface area contributed by atoms with Crippen LogP contribution in [0.2, 0.25) is 0 Å². The molecule has 0 bridgehead atoms. The van der Waals surface area contributed by atoms with E-state index in [1.54, 1.807) is 0 Å². The molecule has 0 heterocycles. The molecule has 0 spiro atoms. The van der Waals surface area contributed by atoms with E-state index in [-0.39, 0.29) is 6.61 Å².